The first-order valence-corrected chi connectivity index (χ1v) is 10.1. The second-order valence-corrected chi connectivity index (χ2v) is 7.97. The predicted octanol–water partition coefficient (Wildman–Crippen LogP) is 2.57. The van der Waals surface area contributed by atoms with E-state index in [2.05, 4.69) is 17.2 Å². The summed E-state index contributed by atoms with van der Waals surface area (Å²) in [7, 11) is -2.27. The summed E-state index contributed by atoms with van der Waals surface area (Å²) in [5, 5.41) is 2.78. The van der Waals surface area contributed by atoms with E-state index in [1.54, 1.807) is 6.07 Å². The maximum absolute atomic E-state index is 12.3. The van der Waals surface area contributed by atoms with Crippen molar-refractivity contribution >= 4 is 15.9 Å². The third kappa shape index (κ3) is 7.40. The summed E-state index contributed by atoms with van der Waals surface area (Å²) < 4.78 is 25.6. The third-order valence-electron chi connectivity index (χ3n) is 3.81. The molecule has 0 unspecified atom stereocenters. The summed E-state index contributed by atoms with van der Waals surface area (Å²) in [5.74, 6) is -0.282. The van der Waals surface area contributed by atoms with E-state index in [1.807, 2.05) is 0 Å². The number of nitrogens with zero attached hydrogens (tertiary/aromatic N) is 2. The van der Waals surface area contributed by atoms with E-state index in [1.165, 1.54) is 57.6 Å². The second-order valence-electron chi connectivity index (χ2n) is 5.92. The van der Waals surface area contributed by atoms with Crippen molar-refractivity contribution in [3.63, 3.8) is 0 Å². The van der Waals surface area contributed by atoms with Crippen molar-refractivity contribution in [3.05, 3.63) is 24.5 Å². The number of nitrogens with one attached hydrogen (secondary N) is 1. The Hall–Kier alpha value is -1.47. The number of unbranched alkanes of at least 4 members (excludes halogenated alkanes) is 6. The van der Waals surface area contributed by atoms with Crippen molar-refractivity contribution in [3.8, 4) is 0 Å². The summed E-state index contributed by atoms with van der Waals surface area (Å²) in [6, 6.07) is 3.02. The largest absolute Gasteiger partial charge is 0.355 e. The van der Waals surface area contributed by atoms with Crippen LogP contribution in [0.3, 0.4) is 0 Å². The van der Waals surface area contributed by atoms with Gasteiger partial charge >= 0.3 is 0 Å². The molecule has 0 spiro atoms. The smallest absolute Gasteiger partial charge is 0.244 e. The van der Waals surface area contributed by atoms with Gasteiger partial charge in [0.2, 0.25) is 15.9 Å². The highest BCUT2D eigenvalue weighted by atomic mass is 32.2. The van der Waals surface area contributed by atoms with Gasteiger partial charge < -0.3 is 5.32 Å². The Morgan fingerprint density at radius 3 is 2.46 bits per heavy atom. The second kappa shape index (κ2) is 11.1. The average Bonchev–Trinajstić information content (AvgIpc) is 2.58. The van der Waals surface area contributed by atoms with Crippen LogP contribution < -0.4 is 5.32 Å². The van der Waals surface area contributed by atoms with Gasteiger partial charge in [-0.2, -0.15) is 4.31 Å². The van der Waals surface area contributed by atoms with Crippen molar-refractivity contribution in [2.24, 2.45) is 0 Å². The molecule has 1 amide bonds. The molecule has 1 aromatic rings. The molecule has 1 N–H and O–H groups in total. The highest BCUT2D eigenvalue weighted by Crippen LogP contribution is 2.11. The van der Waals surface area contributed by atoms with Gasteiger partial charge in [0, 0.05) is 26.0 Å². The topological polar surface area (TPSA) is 79.4 Å². The average molecular weight is 356 g/mol. The van der Waals surface area contributed by atoms with Crippen LogP contribution in [0.4, 0.5) is 0 Å². The van der Waals surface area contributed by atoms with E-state index in [9.17, 15) is 13.2 Å². The fraction of sp³-hybridized carbons (Fsp3) is 0.647. The van der Waals surface area contributed by atoms with Crippen LogP contribution in [0.1, 0.15) is 51.9 Å². The molecule has 1 heterocycles. The van der Waals surface area contributed by atoms with Crippen LogP contribution in [0.15, 0.2) is 29.4 Å². The van der Waals surface area contributed by atoms with Crippen LogP contribution in [-0.4, -0.2) is 43.8 Å². The summed E-state index contributed by atoms with van der Waals surface area (Å²) in [4.78, 5) is 15.8. The molecule has 24 heavy (non-hydrogen) atoms. The first kappa shape index (κ1) is 20.6. The number of carbonyl (C=O) groups is 1. The van der Waals surface area contributed by atoms with Gasteiger partial charge in [-0.3, -0.25) is 9.78 Å². The monoisotopic (exact) mass is 355 g/mol. The molecule has 0 aromatic carbocycles. The fourth-order valence-electron chi connectivity index (χ4n) is 2.33. The molecule has 1 rings (SSSR count). The lowest BCUT2D eigenvalue weighted by Crippen LogP contribution is -2.38. The van der Waals surface area contributed by atoms with Crippen LogP contribution in [0.25, 0.3) is 0 Å². The van der Waals surface area contributed by atoms with Gasteiger partial charge in [-0.25, -0.2) is 8.42 Å². The zero-order valence-electron chi connectivity index (χ0n) is 14.7. The van der Waals surface area contributed by atoms with E-state index in [-0.39, 0.29) is 17.3 Å². The van der Waals surface area contributed by atoms with E-state index < -0.39 is 10.0 Å². The van der Waals surface area contributed by atoms with Gasteiger partial charge in [-0.05, 0) is 18.6 Å². The minimum absolute atomic E-state index is 0.0902. The number of pyridine rings is 1. The Morgan fingerprint density at radius 1 is 1.17 bits per heavy atom. The molecule has 0 aliphatic carbocycles. The molecule has 0 bridgehead atoms. The quantitative estimate of drug-likeness (QED) is 0.585. The van der Waals surface area contributed by atoms with Crippen LogP contribution in [0.2, 0.25) is 0 Å². The molecule has 0 atom stereocenters. The van der Waals surface area contributed by atoms with Crippen molar-refractivity contribution in [2.45, 2.75) is 56.8 Å². The van der Waals surface area contributed by atoms with Crippen molar-refractivity contribution < 1.29 is 13.2 Å². The highest BCUT2D eigenvalue weighted by molar-refractivity contribution is 7.89. The molecular formula is C17H29N3O3S. The molecule has 0 aliphatic heterocycles. The summed E-state index contributed by atoms with van der Waals surface area (Å²) >= 11 is 0. The molecular weight excluding hydrogens is 326 g/mol. The van der Waals surface area contributed by atoms with Crippen LogP contribution in [0, 0.1) is 0 Å². The maximum Gasteiger partial charge on any atom is 0.244 e. The number of likely N-dealkylation sites (N-methyl/N-ethyl adjacent to an activating group) is 1. The normalized spacial score (nSPS) is 11.6. The lowest BCUT2D eigenvalue weighted by molar-refractivity contribution is -0.121. The van der Waals surface area contributed by atoms with Crippen LogP contribution >= 0.6 is 0 Å². The van der Waals surface area contributed by atoms with Gasteiger partial charge in [0.15, 0.2) is 0 Å². The Bertz CT molecular complexity index is 576. The number of sulfonamides is 1. The lowest BCUT2D eigenvalue weighted by atomic mass is 10.1. The Kier molecular flexibility index (Phi) is 9.56. The number of aromatic nitrogens is 1. The molecule has 0 fully saturated rings. The molecule has 136 valence electrons. The molecule has 7 heteroatoms. The van der Waals surface area contributed by atoms with E-state index in [0.29, 0.717) is 6.54 Å². The molecule has 0 radical (unpaired) electrons. The zero-order valence-corrected chi connectivity index (χ0v) is 15.5. The summed E-state index contributed by atoms with van der Waals surface area (Å²) in [6.07, 6.45) is 11.0. The zero-order chi connectivity index (χ0) is 17.8. The van der Waals surface area contributed by atoms with Crippen molar-refractivity contribution in [2.75, 3.05) is 20.1 Å². The molecule has 1 aromatic heterocycles. The Morgan fingerprint density at radius 2 is 1.83 bits per heavy atom. The third-order valence-corrected chi connectivity index (χ3v) is 5.60. The SMILES string of the molecule is CCCCCCCCCNC(=O)CN(C)S(=O)(=O)c1cccnc1. The summed E-state index contributed by atoms with van der Waals surface area (Å²) in [6.45, 7) is 2.60. The van der Waals surface area contributed by atoms with Gasteiger partial charge in [0.1, 0.15) is 4.90 Å². The van der Waals surface area contributed by atoms with E-state index in [0.717, 1.165) is 17.1 Å². The first-order valence-electron chi connectivity index (χ1n) is 8.61. The molecule has 6 nitrogen and oxygen atoms in total. The maximum atomic E-state index is 12.3. The van der Waals surface area contributed by atoms with Crippen molar-refractivity contribution in [1.82, 2.24) is 14.6 Å². The number of carbonyl (C=O) groups excluding carboxylic acids is 1. The number of amides is 1. The number of rotatable bonds is 12. The number of hydrogen-bond donors (Lipinski definition) is 1. The highest BCUT2D eigenvalue weighted by Gasteiger charge is 2.22. The van der Waals surface area contributed by atoms with Crippen molar-refractivity contribution in [1.29, 1.82) is 0 Å². The number of hydrogen-bond acceptors (Lipinski definition) is 4. The minimum atomic E-state index is -3.67. The van der Waals surface area contributed by atoms with Crippen LogP contribution in [-0.2, 0) is 14.8 Å². The molecule has 0 saturated carbocycles. The summed E-state index contributed by atoms with van der Waals surface area (Å²) in [5.41, 5.74) is 0. The molecule has 0 saturated heterocycles. The predicted molar refractivity (Wildman–Crippen MR) is 95.1 cm³/mol. The van der Waals surface area contributed by atoms with Gasteiger partial charge in [0.05, 0.1) is 6.54 Å². The van der Waals surface area contributed by atoms with Gasteiger partial charge in [-0.15, -0.1) is 0 Å². The van der Waals surface area contributed by atoms with Gasteiger partial charge in [0.25, 0.3) is 0 Å². The van der Waals surface area contributed by atoms with Gasteiger partial charge in [-0.1, -0.05) is 45.4 Å². The lowest BCUT2D eigenvalue weighted by Gasteiger charge is -2.16. The van der Waals surface area contributed by atoms with E-state index >= 15 is 0 Å². The Labute approximate surface area is 145 Å². The van der Waals surface area contributed by atoms with E-state index in [4.69, 9.17) is 0 Å². The molecule has 0 aliphatic rings. The fourth-order valence-corrected chi connectivity index (χ4v) is 3.42. The first-order chi connectivity index (χ1) is 11.5. The standard InChI is InChI=1S/C17H29N3O3S/c1-3-4-5-6-7-8-9-13-19-17(21)15-20(2)24(22,23)16-11-10-12-18-14-16/h10-12,14H,3-9,13,15H2,1-2H3,(H,19,21). The minimum Gasteiger partial charge on any atom is -0.355 e. The Balaban J connectivity index is 2.25. The van der Waals surface area contributed by atoms with Crippen LogP contribution in [0.5, 0.6) is 0 Å².